The van der Waals surface area contributed by atoms with Gasteiger partial charge in [0.2, 0.25) is 0 Å². The molecule has 0 spiro atoms. The third kappa shape index (κ3) is 8.84. The minimum absolute atomic E-state index is 0.145. The van der Waals surface area contributed by atoms with Crippen molar-refractivity contribution in [1.82, 2.24) is 0 Å². The number of ether oxygens (including phenoxy) is 2. The normalized spacial score (nSPS) is 10.1. The van der Waals surface area contributed by atoms with Gasteiger partial charge in [0, 0.05) is 12.8 Å². The van der Waals surface area contributed by atoms with Crippen molar-refractivity contribution in [3.8, 4) is 0 Å². The topological polar surface area (TPSA) is 52.6 Å². The molecule has 1 rings (SSSR count). The minimum atomic E-state index is -0.153. The van der Waals surface area contributed by atoms with Gasteiger partial charge in [0.15, 0.2) is 0 Å². The van der Waals surface area contributed by atoms with E-state index in [9.17, 15) is 9.59 Å². The van der Waals surface area contributed by atoms with Crippen LogP contribution in [0.5, 0.6) is 0 Å². The molecule has 0 aromatic heterocycles. The Hall–Kier alpha value is -1.84. The fourth-order valence-corrected chi connectivity index (χ4v) is 1.98. The van der Waals surface area contributed by atoms with Crippen molar-refractivity contribution in [1.29, 1.82) is 0 Å². The summed E-state index contributed by atoms with van der Waals surface area (Å²) in [5.41, 5.74) is 1.01. The molecule has 0 aliphatic rings. The average Bonchev–Trinajstić information content (AvgIpc) is 2.52. The number of hydrogen-bond acceptors (Lipinski definition) is 4. The van der Waals surface area contributed by atoms with Gasteiger partial charge < -0.3 is 9.47 Å². The van der Waals surface area contributed by atoms with Crippen LogP contribution in [0, 0.1) is 0 Å². The summed E-state index contributed by atoms with van der Waals surface area (Å²) in [6, 6.07) is 9.67. The Bertz CT molecular complexity index is 414. The van der Waals surface area contributed by atoms with Gasteiger partial charge in [0.05, 0.1) is 7.11 Å². The van der Waals surface area contributed by atoms with Gasteiger partial charge in [-0.3, -0.25) is 9.59 Å². The molecule has 0 aliphatic heterocycles. The number of hydrogen-bond donors (Lipinski definition) is 0. The summed E-state index contributed by atoms with van der Waals surface area (Å²) in [4.78, 5) is 22.4. The molecule has 0 atom stereocenters. The summed E-state index contributed by atoms with van der Waals surface area (Å²) < 4.78 is 9.77. The first-order valence-corrected chi connectivity index (χ1v) is 7.48. The molecule has 0 fully saturated rings. The van der Waals surface area contributed by atoms with Gasteiger partial charge >= 0.3 is 11.9 Å². The average molecular weight is 292 g/mol. The molecule has 4 nitrogen and oxygen atoms in total. The van der Waals surface area contributed by atoms with Crippen LogP contribution < -0.4 is 0 Å². The summed E-state index contributed by atoms with van der Waals surface area (Å²) in [7, 11) is 1.41. The highest BCUT2D eigenvalue weighted by atomic mass is 16.5. The number of methoxy groups -OCH3 is 1. The van der Waals surface area contributed by atoms with Gasteiger partial charge in [0.1, 0.15) is 6.61 Å². The van der Waals surface area contributed by atoms with Crippen molar-refractivity contribution in [2.24, 2.45) is 0 Å². The number of carbonyl (C=O) groups is 2. The van der Waals surface area contributed by atoms with E-state index in [1.165, 1.54) is 7.11 Å². The van der Waals surface area contributed by atoms with E-state index in [1.807, 2.05) is 30.3 Å². The Kier molecular flexibility index (Phi) is 8.93. The predicted molar refractivity (Wildman–Crippen MR) is 80.6 cm³/mol. The van der Waals surface area contributed by atoms with E-state index in [-0.39, 0.29) is 11.9 Å². The molecule has 0 N–H and O–H groups in total. The van der Waals surface area contributed by atoms with Crippen molar-refractivity contribution in [2.45, 2.75) is 51.6 Å². The zero-order chi connectivity index (χ0) is 15.3. The maximum Gasteiger partial charge on any atom is 0.306 e. The van der Waals surface area contributed by atoms with Crippen LogP contribution in [0.15, 0.2) is 30.3 Å². The second-order valence-electron chi connectivity index (χ2n) is 4.99. The predicted octanol–water partition coefficient (Wildman–Crippen LogP) is 3.63. The Morgan fingerprint density at radius 3 is 2.05 bits per heavy atom. The SMILES string of the molecule is COC(=O)CCCCCCCC(=O)OCc1ccccc1. The van der Waals surface area contributed by atoms with Crippen LogP contribution in [0.1, 0.15) is 50.5 Å². The number of carbonyl (C=O) groups excluding carboxylic acids is 2. The molecule has 0 saturated carbocycles. The molecule has 0 heterocycles. The number of benzene rings is 1. The van der Waals surface area contributed by atoms with Gasteiger partial charge in [0.25, 0.3) is 0 Å². The molecular formula is C17H24O4. The second kappa shape index (κ2) is 10.9. The van der Waals surface area contributed by atoms with Gasteiger partial charge in [-0.1, -0.05) is 49.6 Å². The number of esters is 2. The van der Waals surface area contributed by atoms with E-state index in [0.717, 1.165) is 37.7 Å². The third-order valence-corrected chi connectivity index (χ3v) is 3.23. The monoisotopic (exact) mass is 292 g/mol. The van der Waals surface area contributed by atoms with E-state index in [2.05, 4.69) is 4.74 Å². The van der Waals surface area contributed by atoms with Crippen LogP contribution in [0.4, 0.5) is 0 Å². The van der Waals surface area contributed by atoms with Crippen molar-refractivity contribution < 1.29 is 19.1 Å². The zero-order valence-corrected chi connectivity index (χ0v) is 12.7. The summed E-state index contributed by atoms with van der Waals surface area (Å²) in [6.45, 7) is 0.346. The Morgan fingerprint density at radius 1 is 0.857 bits per heavy atom. The quantitative estimate of drug-likeness (QED) is 0.488. The Balaban J connectivity index is 1.95. The smallest absolute Gasteiger partial charge is 0.306 e. The van der Waals surface area contributed by atoms with Crippen LogP contribution >= 0.6 is 0 Å². The molecule has 0 saturated heterocycles. The maximum atomic E-state index is 11.5. The van der Waals surface area contributed by atoms with E-state index in [1.54, 1.807) is 0 Å². The van der Waals surface area contributed by atoms with Gasteiger partial charge in [-0.2, -0.15) is 0 Å². The van der Waals surface area contributed by atoms with Gasteiger partial charge in [-0.05, 0) is 18.4 Å². The van der Waals surface area contributed by atoms with Crippen molar-refractivity contribution in [3.63, 3.8) is 0 Å². The summed E-state index contributed by atoms with van der Waals surface area (Å²) in [5.74, 6) is -0.298. The first kappa shape index (κ1) is 17.2. The minimum Gasteiger partial charge on any atom is -0.469 e. The number of unbranched alkanes of at least 4 members (excludes halogenated alkanes) is 4. The van der Waals surface area contributed by atoms with Crippen LogP contribution in [-0.2, 0) is 25.7 Å². The molecule has 0 unspecified atom stereocenters. The van der Waals surface area contributed by atoms with E-state index in [4.69, 9.17) is 4.74 Å². The lowest BCUT2D eigenvalue weighted by atomic mass is 10.1. The number of rotatable bonds is 10. The van der Waals surface area contributed by atoms with Gasteiger partial charge in [-0.15, -0.1) is 0 Å². The second-order valence-corrected chi connectivity index (χ2v) is 4.99. The highest BCUT2D eigenvalue weighted by Crippen LogP contribution is 2.09. The standard InChI is InChI=1S/C17H24O4/c1-20-16(18)12-8-3-2-4-9-13-17(19)21-14-15-10-6-5-7-11-15/h5-7,10-11H,2-4,8-9,12-14H2,1H3. The van der Waals surface area contributed by atoms with E-state index < -0.39 is 0 Å². The molecule has 4 heteroatoms. The zero-order valence-electron chi connectivity index (χ0n) is 12.7. The molecule has 116 valence electrons. The van der Waals surface area contributed by atoms with Crippen molar-refractivity contribution >= 4 is 11.9 Å². The molecule has 1 aromatic rings. The van der Waals surface area contributed by atoms with Crippen molar-refractivity contribution in [3.05, 3.63) is 35.9 Å². The van der Waals surface area contributed by atoms with Crippen LogP contribution in [-0.4, -0.2) is 19.0 Å². The molecule has 0 amide bonds. The molecule has 21 heavy (non-hydrogen) atoms. The molecule has 0 bridgehead atoms. The lowest BCUT2D eigenvalue weighted by Gasteiger charge is -2.05. The summed E-state index contributed by atoms with van der Waals surface area (Å²) in [6.07, 6.45) is 5.65. The highest BCUT2D eigenvalue weighted by Gasteiger charge is 2.03. The highest BCUT2D eigenvalue weighted by molar-refractivity contribution is 5.69. The third-order valence-electron chi connectivity index (χ3n) is 3.23. The van der Waals surface area contributed by atoms with Crippen molar-refractivity contribution in [2.75, 3.05) is 7.11 Å². The molecule has 0 radical (unpaired) electrons. The summed E-state index contributed by atoms with van der Waals surface area (Å²) >= 11 is 0. The van der Waals surface area contributed by atoms with Crippen LogP contribution in [0.25, 0.3) is 0 Å². The molecular weight excluding hydrogens is 268 g/mol. The fraction of sp³-hybridized carbons (Fsp3) is 0.529. The van der Waals surface area contributed by atoms with E-state index >= 15 is 0 Å². The van der Waals surface area contributed by atoms with Crippen LogP contribution in [0.2, 0.25) is 0 Å². The first-order valence-electron chi connectivity index (χ1n) is 7.48. The van der Waals surface area contributed by atoms with Crippen LogP contribution in [0.3, 0.4) is 0 Å². The maximum absolute atomic E-state index is 11.5. The lowest BCUT2D eigenvalue weighted by molar-refractivity contribution is -0.145. The van der Waals surface area contributed by atoms with E-state index in [0.29, 0.717) is 19.4 Å². The Labute approximate surface area is 126 Å². The Morgan fingerprint density at radius 2 is 1.43 bits per heavy atom. The molecule has 0 aliphatic carbocycles. The lowest BCUT2D eigenvalue weighted by Crippen LogP contribution is -2.04. The molecule has 1 aromatic carbocycles. The fourth-order valence-electron chi connectivity index (χ4n) is 1.98. The largest absolute Gasteiger partial charge is 0.469 e. The first-order chi connectivity index (χ1) is 10.2. The van der Waals surface area contributed by atoms with Gasteiger partial charge in [-0.25, -0.2) is 0 Å². The summed E-state index contributed by atoms with van der Waals surface area (Å²) in [5, 5.41) is 0.